The van der Waals surface area contributed by atoms with Crippen LogP contribution in [-0.4, -0.2) is 42.6 Å². The summed E-state index contributed by atoms with van der Waals surface area (Å²) in [5.74, 6) is 0.176. The van der Waals surface area contributed by atoms with Gasteiger partial charge in [0.15, 0.2) is 0 Å². The minimum atomic E-state index is 0.0606. The molecule has 1 amide bonds. The number of carbonyl (C=O) groups excluding carboxylic acids is 1. The van der Waals surface area contributed by atoms with Gasteiger partial charge in [-0.3, -0.25) is 10.2 Å². The number of aliphatic imine (C=N–C) groups is 1. The molecule has 0 aromatic carbocycles. The Kier molecular flexibility index (Phi) is 4.34. The molecule has 0 aromatic heterocycles. The van der Waals surface area contributed by atoms with E-state index in [1.54, 1.807) is 0 Å². The lowest BCUT2D eigenvalue weighted by Gasteiger charge is -2.26. The average Bonchev–Trinajstić information content (AvgIpc) is 2.98. The molecule has 5 nitrogen and oxygen atoms in total. The molecule has 5 heteroatoms. The summed E-state index contributed by atoms with van der Waals surface area (Å²) in [5, 5.41) is 9.44. The van der Waals surface area contributed by atoms with Crippen molar-refractivity contribution >= 4 is 18.6 Å². The molecule has 1 heterocycles. The van der Waals surface area contributed by atoms with Crippen LogP contribution in [0.15, 0.2) is 4.99 Å². The number of amides is 1. The zero-order valence-corrected chi connectivity index (χ0v) is 11.9. The Morgan fingerprint density at radius 2 is 2.32 bits per heavy atom. The molecule has 2 fully saturated rings. The van der Waals surface area contributed by atoms with Crippen LogP contribution in [0.2, 0.25) is 0 Å². The summed E-state index contributed by atoms with van der Waals surface area (Å²) in [5.41, 5.74) is 0.366. The van der Waals surface area contributed by atoms with Crippen LogP contribution in [0.25, 0.3) is 0 Å². The number of hydrogen-bond acceptors (Lipinski definition) is 3. The molecule has 19 heavy (non-hydrogen) atoms. The first-order valence-electron chi connectivity index (χ1n) is 7.11. The van der Waals surface area contributed by atoms with Gasteiger partial charge in [-0.25, -0.2) is 4.99 Å². The fourth-order valence-corrected chi connectivity index (χ4v) is 3.47. The predicted octanol–water partition coefficient (Wildman–Crippen LogP) is 1.64. The summed E-state index contributed by atoms with van der Waals surface area (Å²) < 4.78 is 0. The Labute approximate surface area is 115 Å². The topological polar surface area (TPSA) is 68.6 Å². The summed E-state index contributed by atoms with van der Waals surface area (Å²) in [6.45, 7) is 6.79. The van der Waals surface area contributed by atoms with Crippen molar-refractivity contribution in [1.29, 1.82) is 5.41 Å². The molecule has 1 aliphatic carbocycles. The highest BCUT2D eigenvalue weighted by Crippen LogP contribution is 2.48. The second kappa shape index (κ2) is 5.82. The molecule has 1 spiro atoms. The van der Waals surface area contributed by atoms with Gasteiger partial charge in [-0.05, 0) is 51.5 Å². The molecule has 1 aliphatic heterocycles. The van der Waals surface area contributed by atoms with Crippen LogP contribution in [0.1, 0.15) is 39.5 Å². The van der Waals surface area contributed by atoms with E-state index in [4.69, 9.17) is 5.41 Å². The number of nitrogens with zero attached hydrogens (tertiary/aromatic N) is 2. The number of rotatable bonds is 4. The van der Waals surface area contributed by atoms with E-state index in [0.717, 1.165) is 32.1 Å². The highest BCUT2D eigenvalue weighted by molar-refractivity contribution is 5.91. The molecule has 0 bridgehead atoms. The first kappa shape index (κ1) is 14.2. The van der Waals surface area contributed by atoms with Gasteiger partial charge < -0.3 is 10.2 Å². The van der Waals surface area contributed by atoms with Crippen LogP contribution in [0.3, 0.4) is 0 Å². The molecule has 106 valence electrons. The van der Waals surface area contributed by atoms with E-state index < -0.39 is 0 Å². The van der Waals surface area contributed by atoms with Crippen molar-refractivity contribution in [2.75, 3.05) is 13.1 Å². The Morgan fingerprint density at radius 3 is 2.95 bits per heavy atom. The van der Waals surface area contributed by atoms with E-state index in [0.29, 0.717) is 11.5 Å². The third kappa shape index (κ3) is 3.21. The van der Waals surface area contributed by atoms with Gasteiger partial charge in [-0.2, -0.15) is 0 Å². The van der Waals surface area contributed by atoms with Crippen LogP contribution in [0, 0.1) is 16.7 Å². The molecule has 2 rings (SSSR count). The predicted molar refractivity (Wildman–Crippen MR) is 76.5 cm³/mol. The Balaban J connectivity index is 1.88. The molecule has 2 aliphatic rings. The van der Waals surface area contributed by atoms with Gasteiger partial charge in [-0.1, -0.05) is 0 Å². The van der Waals surface area contributed by atoms with Gasteiger partial charge in [0.25, 0.3) is 0 Å². The largest absolute Gasteiger partial charge is 0.317 e. The molecular weight excluding hydrogens is 240 g/mol. The SMILES string of the molecule is CC(C)N1CCC2(CCC(C(=O)NC=NC=N)C2)C1. The summed E-state index contributed by atoms with van der Waals surface area (Å²) in [6, 6.07) is 0.604. The van der Waals surface area contributed by atoms with Gasteiger partial charge >= 0.3 is 0 Å². The third-order valence-corrected chi connectivity index (χ3v) is 4.63. The standard InChI is InChI=1S/C14H24N4O/c1-11(2)18-6-5-14(8-18)4-3-12(7-14)13(19)17-10-16-9-15/h9-12H,3-8H2,1-2H3,(H2,15,16,17,19). The molecule has 2 unspecified atom stereocenters. The maximum absolute atomic E-state index is 12.0. The Morgan fingerprint density at radius 1 is 1.53 bits per heavy atom. The van der Waals surface area contributed by atoms with E-state index >= 15 is 0 Å². The van der Waals surface area contributed by atoms with Crippen molar-refractivity contribution in [1.82, 2.24) is 10.2 Å². The van der Waals surface area contributed by atoms with Crippen molar-refractivity contribution in [3.63, 3.8) is 0 Å². The van der Waals surface area contributed by atoms with Gasteiger partial charge in [0.05, 0.1) is 6.34 Å². The molecule has 1 saturated carbocycles. The van der Waals surface area contributed by atoms with Crippen molar-refractivity contribution in [3.05, 3.63) is 0 Å². The molecule has 1 saturated heterocycles. The monoisotopic (exact) mass is 264 g/mol. The van der Waals surface area contributed by atoms with Crippen LogP contribution in [0.4, 0.5) is 0 Å². The van der Waals surface area contributed by atoms with Gasteiger partial charge in [0.2, 0.25) is 5.91 Å². The van der Waals surface area contributed by atoms with Crippen LogP contribution in [-0.2, 0) is 4.79 Å². The molecule has 0 radical (unpaired) electrons. The second-order valence-corrected chi connectivity index (χ2v) is 6.17. The first-order chi connectivity index (χ1) is 9.06. The normalized spacial score (nSPS) is 31.6. The summed E-state index contributed by atoms with van der Waals surface area (Å²) in [6.07, 6.45) is 6.61. The first-order valence-corrected chi connectivity index (χ1v) is 7.11. The Bertz CT molecular complexity index is 380. The lowest BCUT2D eigenvalue weighted by Crippen LogP contribution is -2.32. The Hall–Kier alpha value is -1.23. The quantitative estimate of drug-likeness (QED) is 0.598. The zero-order chi connectivity index (χ0) is 13.9. The van der Waals surface area contributed by atoms with Crippen molar-refractivity contribution in [2.24, 2.45) is 16.3 Å². The van der Waals surface area contributed by atoms with E-state index in [1.807, 2.05) is 0 Å². The average molecular weight is 264 g/mol. The number of hydrogen-bond donors (Lipinski definition) is 2. The lowest BCUT2D eigenvalue weighted by atomic mass is 9.84. The van der Waals surface area contributed by atoms with Crippen LogP contribution >= 0.6 is 0 Å². The highest BCUT2D eigenvalue weighted by Gasteiger charge is 2.46. The van der Waals surface area contributed by atoms with E-state index in [9.17, 15) is 4.79 Å². The molecule has 2 atom stereocenters. The molecule has 2 N–H and O–H groups in total. The lowest BCUT2D eigenvalue weighted by molar-refractivity contribution is -0.123. The zero-order valence-electron chi connectivity index (χ0n) is 11.9. The van der Waals surface area contributed by atoms with Gasteiger partial charge in [-0.15, -0.1) is 0 Å². The minimum absolute atomic E-state index is 0.0606. The van der Waals surface area contributed by atoms with Crippen LogP contribution in [0.5, 0.6) is 0 Å². The fraction of sp³-hybridized carbons (Fsp3) is 0.786. The maximum atomic E-state index is 12.0. The van der Waals surface area contributed by atoms with Crippen molar-refractivity contribution in [3.8, 4) is 0 Å². The van der Waals surface area contributed by atoms with E-state index in [2.05, 4.69) is 29.1 Å². The maximum Gasteiger partial charge on any atom is 0.228 e. The molecule has 0 aromatic rings. The second-order valence-electron chi connectivity index (χ2n) is 6.17. The summed E-state index contributed by atoms with van der Waals surface area (Å²) >= 11 is 0. The minimum Gasteiger partial charge on any atom is -0.317 e. The van der Waals surface area contributed by atoms with Gasteiger partial charge in [0, 0.05) is 18.5 Å². The van der Waals surface area contributed by atoms with Crippen LogP contribution < -0.4 is 5.32 Å². The summed E-state index contributed by atoms with van der Waals surface area (Å²) in [4.78, 5) is 18.1. The summed E-state index contributed by atoms with van der Waals surface area (Å²) in [7, 11) is 0. The third-order valence-electron chi connectivity index (χ3n) is 4.63. The number of likely N-dealkylation sites (tertiary alicyclic amines) is 1. The van der Waals surface area contributed by atoms with Gasteiger partial charge in [0.1, 0.15) is 6.34 Å². The smallest absolute Gasteiger partial charge is 0.228 e. The molecular formula is C14H24N4O. The number of carbonyl (C=O) groups is 1. The number of nitrogens with one attached hydrogen (secondary N) is 2. The van der Waals surface area contributed by atoms with Crippen molar-refractivity contribution < 1.29 is 4.79 Å². The van der Waals surface area contributed by atoms with E-state index in [-0.39, 0.29) is 11.8 Å². The van der Waals surface area contributed by atoms with Crippen molar-refractivity contribution in [2.45, 2.75) is 45.6 Å². The van der Waals surface area contributed by atoms with E-state index in [1.165, 1.54) is 19.3 Å². The highest BCUT2D eigenvalue weighted by atomic mass is 16.1. The fourth-order valence-electron chi connectivity index (χ4n) is 3.47.